The number of nitrogens with one attached hydrogen (secondary N) is 1. The van der Waals surface area contributed by atoms with Crippen LogP contribution in [0.15, 0.2) is 12.1 Å². The number of benzene rings is 1. The first-order chi connectivity index (χ1) is 11.9. The number of carbonyl (C=O) groups excluding carboxylic acids is 1. The maximum Gasteiger partial charge on any atom is 0.318 e. The van der Waals surface area contributed by atoms with Gasteiger partial charge >= 0.3 is 12.0 Å². The van der Waals surface area contributed by atoms with Gasteiger partial charge in [-0.3, -0.25) is 4.79 Å². The smallest absolute Gasteiger partial charge is 0.318 e. The predicted octanol–water partition coefficient (Wildman–Crippen LogP) is 3.24. The quantitative estimate of drug-likeness (QED) is 0.858. The normalized spacial score (nSPS) is 26.0. The van der Waals surface area contributed by atoms with Crippen LogP contribution in [0.1, 0.15) is 49.8 Å². The Morgan fingerprint density at radius 3 is 2.52 bits per heavy atom. The van der Waals surface area contributed by atoms with Crippen LogP contribution >= 0.6 is 0 Å². The summed E-state index contributed by atoms with van der Waals surface area (Å²) in [5.41, 5.74) is 0.980. The molecule has 0 aromatic heterocycles. The first-order valence-electron chi connectivity index (χ1n) is 8.64. The number of carboxylic acids is 1. The van der Waals surface area contributed by atoms with Gasteiger partial charge in [-0.05, 0) is 56.2 Å². The third kappa shape index (κ3) is 3.60. The summed E-state index contributed by atoms with van der Waals surface area (Å²) < 4.78 is 27.4. The average molecular weight is 352 g/mol. The van der Waals surface area contributed by atoms with Crippen LogP contribution in [0.25, 0.3) is 0 Å². The van der Waals surface area contributed by atoms with Crippen molar-refractivity contribution in [2.45, 2.75) is 51.1 Å². The minimum atomic E-state index is -0.782. The standard InChI is InChI=1S/C18H22F2N2O3/c1-10-15-8-12(19)9-16(20)14(15)6-7-22(10)18(25)21-13-4-2-11(3-5-13)17(23)24/h8-11,13H,2-7H2,1H3,(H,21,25)(H,23,24). The second kappa shape index (κ2) is 6.98. The van der Waals surface area contributed by atoms with Gasteiger partial charge in [0.1, 0.15) is 11.6 Å². The van der Waals surface area contributed by atoms with Crippen molar-refractivity contribution in [3.63, 3.8) is 0 Å². The topological polar surface area (TPSA) is 69.6 Å². The van der Waals surface area contributed by atoms with Crippen LogP contribution in [0.4, 0.5) is 13.6 Å². The van der Waals surface area contributed by atoms with Gasteiger partial charge in [0, 0.05) is 18.7 Å². The lowest BCUT2D eigenvalue weighted by molar-refractivity contribution is -0.142. The lowest BCUT2D eigenvalue weighted by Crippen LogP contribution is -2.49. The Kier molecular flexibility index (Phi) is 4.92. The molecule has 1 atom stereocenters. The highest BCUT2D eigenvalue weighted by atomic mass is 19.1. The second-order valence-corrected chi connectivity index (χ2v) is 6.91. The molecule has 2 aliphatic rings. The third-order valence-electron chi connectivity index (χ3n) is 5.38. The van der Waals surface area contributed by atoms with Gasteiger partial charge in [0.15, 0.2) is 0 Å². The highest BCUT2D eigenvalue weighted by molar-refractivity contribution is 5.75. The van der Waals surface area contributed by atoms with Gasteiger partial charge < -0.3 is 15.3 Å². The maximum absolute atomic E-state index is 13.9. The molecule has 0 spiro atoms. The molecular formula is C18H22F2N2O3. The van der Waals surface area contributed by atoms with Gasteiger partial charge in [0.2, 0.25) is 0 Å². The van der Waals surface area contributed by atoms with Gasteiger partial charge in [0.25, 0.3) is 0 Å². The number of urea groups is 1. The molecule has 25 heavy (non-hydrogen) atoms. The lowest BCUT2D eigenvalue weighted by Gasteiger charge is -2.37. The van der Waals surface area contributed by atoms with E-state index in [-0.39, 0.29) is 18.0 Å². The molecule has 1 aromatic carbocycles. The van der Waals surface area contributed by atoms with Crippen LogP contribution in [0.2, 0.25) is 0 Å². The van der Waals surface area contributed by atoms with Gasteiger partial charge in [-0.2, -0.15) is 0 Å². The van der Waals surface area contributed by atoms with Crippen molar-refractivity contribution in [3.8, 4) is 0 Å². The van der Waals surface area contributed by atoms with Crippen molar-refractivity contribution < 1.29 is 23.5 Å². The number of hydrogen-bond donors (Lipinski definition) is 2. The van der Waals surface area contributed by atoms with Crippen LogP contribution in [-0.2, 0) is 11.2 Å². The first kappa shape index (κ1) is 17.6. The Morgan fingerprint density at radius 1 is 1.20 bits per heavy atom. The van der Waals surface area contributed by atoms with Gasteiger partial charge in [-0.25, -0.2) is 13.6 Å². The van der Waals surface area contributed by atoms with E-state index in [9.17, 15) is 18.4 Å². The van der Waals surface area contributed by atoms with E-state index in [2.05, 4.69) is 5.32 Å². The number of rotatable bonds is 2. The number of hydrogen-bond acceptors (Lipinski definition) is 2. The van der Waals surface area contributed by atoms with Crippen LogP contribution in [0.5, 0.6) is 0 Å². The molecule has 1 aliphatic heterocycles. The Morgan fingerprint density at radius 2 is 1.88 bits per heavy atom. The van der Waals surface area contributed by atoms with Crippen molar-refractivity contribution in [1.82, 2.24) is 10.2 Å². The number of nitrogens with zero attached hydrogens (tertiary/aromatic N) is 1. The highest BCUT2D eigenvalue weighted by Crippen LogP contribution is 2.32. The van der Waals surface area contributed by atoms with Gasteiger partial charge in [-0.1, -0.05) is 0 Å². The molecule has 136 valence electrons. The van der Waals surface area contributed by atoms with Crippen LogP contribution in [0.3, 0.4) is 0 Å². The van der Waals surface area contributed by atoms with Crippen molar-refractivity contribution in [1.29, 1.82) is 0 Å². The number of carboxylic acid groups (broad SMARTS) is 1. The summed E-state index contributed by atoms with van der Waals surface area (Å²) in [5, 5.41) is 12.0. The maximum atomic E-state index is 13.9. The fraction of sp³-hybridized carbons (Fsp3) is 0.556. The van der Waals surface area contributed by atoms with E-state index in [1.807, 2.05) is 0 Å². The monoisotopic (exact) mass is 352 g/mol. The van der Waals surface area contributed by atoms with Crippen molar-refractivity contribution in [3.05, 3.63) is 34.9 Å². The Balaban J connectivity index is 1.65. The number of aliphatic carboxylic acids is 1. The van der Waals surface area contributed by atoms with E-state index in [1.165, 1.54) is 6.07 Å². The summed E-state index contributed by atoms with van der Waals surface area (Å²) in [6.45, 7) is 2.13. The SMILES string of the molecule is CC1c2cc(F)cc(F)c2CCN1C(=O)NC1CCC(C(=O)O)CC1. The van der Waals surface area contributed by atoms with Gasteiger partial charge in [-0.15, -0.1) is 0 Å². The fourth-order valence-corrected chi connectivity index (χ4v) is 3.87. The van der Waals surface area contributed by atoms with E-state index < -0.39 is 23.6 Å². The van der Waals surface area contributed by atoms with E-state index >= 15 is 0 Å². The Labute approximate surface area is 145 Å². The lowest BCUT2D eigenvalue weighted by atomic mass is 9.86. The fourth-order valence-electron chi connectivity index (χ4n) is 3.87. The summed E-state index contributed by atoms with van der Waals surface area (Å²) in [4.78, 5) is 25.2. The number of fused-ring (bicyclic) bond motifs is 1. The number of halogens is 2. The molecule has 1 aromatic rings. The number of carbonyl (C=O) groups is 2. The summed E-state index contributed by atoms with van der Waals surface area (Å²) in [7, 11) is 0. The summed E-state index contributed by atoms with van der Waals surface area (Å²) in [6, 6.07) is 1.44. The minimum absolute atomic E-state index is 0.0547. The van der Waals surface area contributed by atoms with Crippen molar-refractivity contribution in [2.75, 3.05) is 6.54 Å². The zero-order chi connectivity index (χ0) is 18.1. The van der Waals surface area contributed by atoms with Crippen molar-refractivity contribution >= 4 is 12.0 Å². The zero-order valence-corrected chi connectivity index (χ0v) is 14.1. The molecule has 1 fully saturated rings. The molecule has 1 aliphatic carbocycles. The molecule has 7 heteroatoms. The predicted molar refractivity (Wildman–Crippen MR) is 87.1 cm³/mol. The molecule has 5 nitrogen and oxygen atoms in total. The summed E-state index contributed by atoms with van der Waals surface area (Å²) in [5.74, 6) is -2.32. The Hall–Kier alpha value is -2.18. The largest absolute Gasteiger partial charge is 0.481 e. The van der Waals surface area contributed by atoms with Crippen LogP contribution in [0, 0.1) is 17.6 Å². The second-order valence-electron chi connectivity index (χ2n) is 6.91. The van der Waals surface area contributed by atoms with Crippen LogP contribution in [-0.4, -0.2) is 34.6 Å². The number of amides is 2. The minimum Gasteiger partial charge on any atom is -0.481 e. The van der Waals surface area contributed by atoms with Crippen molar-refractivity contribution in [2.24, 2.45) is 5.92 Å². The van der Waals surface area contributed by atoms with E-state index in [1.54, 1.807) is 11.8 Å². The molecule has 2 N–H and O–H groups in total. The summed E-state index contributed by atoms with van der Waals surface area (Å²) >= 11 is 0. The van der Waals surface area contributed by atoms with Gasteiger partial charge in [0.05, 0.1) is 12.0 Å². The molecule has 1 saturated carbocycles. The van der Waals surface area contributed by atoms with E-state index in [4.69, 9.17) is 5.11 Å². The molecule has 0 saturated heterocycles. The Bertz CT molecular complexity index is 687. The highest BCUT2D eigenvalue weighted by Gasteiger charge is 2.32. The average Bonchev–Trinajstić information content (AvgIpc) is 2.56. The first-order valence-corrected chi connectivity index (χ1v) is 8.64. The molecule has 0 radical (unpaired) electrons. The third-order valence-corrected chi connectivity index (χ3v) is 5.38. The van der Waals surface area contributed by atoms with Crippen LogP contribution < -0.4 is 5.32 Å². The molecule has 2 amide bonds. The van der Waals surface area contributed by atoms with E-state index in [0.717, 1.165) is 6.07 Å². The molecule has 1 heterocycles. The molecule has 0 bridgehead atoms. The molecule has 3 rings (SSSR count). The zero-order valence-electron chi connectivity index (χ0n) is 14.1. The molecule has 1 unspecified atom stereocenters. The summed E-state index contributed by atoms with van der Waals surface area (Å²) in [6.07, 6.45) is 2.71. The molecular weight excluding hydrogens is 330 g/mol. The van der Waals surface area contributed by atoms with E-state index in [0.29, 0.717) is 49.8 Å².